The summed E-state index contributed by atoms with van der Waals surface area (Å²) in [5.41, 5.74) is 3.70. The molecule has 1 aromatic carbocycles. The second-order valence-electron chi connectivity index (χ2n) is 7.20. The van der Waals surface area contributed by atoms with Crippen molar-refractivity contribution in [1.29, 1.82) is 0 Å². The number of fused-ring (bicyclic) bond motifs is 1. The molecule has 20 heavy (non-hydrogen) atoms. The van der Waals surface area contributed by atoms with Gasteiger partial charge in [0.2, 0.25) is 0 Å². The van der Waals surface area contributed by atoms with E-state index in [2.05, 4.69) is 48.9 Å². The van der Waals surface area contributed by atoms with E-state index < -0.39 is 0 Å². The van der Waals surface area contributed by atoms with Crippen molar-refractivity contribution in [1.82, 2.24) is 9.97 Å². The van der Waals surface area contributed by atoms with Crippen molar-refractivity contribution in [2.75, 3.05) is 0 Å². The van der Waals surface area contributed by atoms with Crippen LogP contribution >= 0.6 is 0 Å². The van der Waals surface area contributed by atoms with Gasteiger partial charge in [-0.15, -0.1) is 0 Å². The third-order valence-electron chi connectivity index (χ3n) is 4.40. The lowest BCUT2D eigenvalue weighted by atomic mass is 9.79. The minimum atomic E-state index is -0.0509. The first-order chi connectivity index (χ1) is 9.41. The molecule has 0 saturated heterocycles. The summed E-state index contributed by atoms with van der Waals surface area (Å²) in [4.78, 5) is 8.12. The van der Waals surface area contributed by atoms with E-state index >= 15 is 0 Å². The van der Waals surface area contributed by atoms with Crippen molar-refractivity contribution in [3.05, 3.63) is 29.6 Å². The van der Waals surface area contributed by atoms with Gasteiger partial charge in [-0.25, -0.2) is 4.98 Å². The van der Waals surface area contributed by atoms with Crippen LogP contribution in [0.4, 0.5) is 0 Å². The van der Waals surface area contributed by atoms with E-state index in [4.69, 9.17) is 0 Å². The van der Waals surface area contributed by atoms with E-state index in [1.165, 1.54) is 5.56 Å². The summed E-state index contributed by atoms with van der Waals surface area (Å²) >= 11 is 0. The van der Waals surface area contributed by atoms with E-state index in [0.717, 1.165) is 42.5 Å². The number of rotatable bonds is 3. The highest BCUT2D eigenvalue weighted by molar-refractivity contribution is 5.76. The molecular weight excluding hydrogens is 248 g/mol. The van der Waals surface area contributed by atoms with Crippen LogP contribution in [0.5, 0.6) is 0 Å². The monoisotopic (exact) mass is 272 g/mol. The molecule has 0 radical (unpaired) electrons. The van der Waals surface area contributed by atoms with Gasteiger partial charge in [-0.2, -0.15) is 0 Å². The number of aryl methyl sites for hydroxylation is 1. The van der Waals surface area contributed by atoms with Crippen LogP contribution in [0.25, 0.3) is 11.0 Å². The van der Waals surface area contributed by atoms with Crippen LogP contribution in [-0.4, -0.2) is 21.2 Å². The Kier molecular flexibility index (Phi) is 3.33. The summed E-state index contributed by atoms with van der Waals surface area (Å²) in [6.07, 6.45) is 3.99. The Morgan fingerprint density at radius 1 is 1.30 bits per heavy atom. The summed E-state index contributed by atoms with van der Waals surface area (Å²) in [7, 11) is 0. The molecule has 108 valence electrons. The molecule has 0 aliphatic heterocycles. The van der Waals surface area contributed by atoms with Gasteiger partial charge in [0.05, 0.1) is 17.1 Å². The second kappa shape index (κ2) is 4.88. The second-order valence-corrected chi connectivity index (χ2v) is 7.20. The maximum absolute atomic E-state index is 9.31. The van der Waals surface area contributed by atoms with Gasteiger partial charge in [-0.1, -0.05) is 26.8 Å². The van der Waals surface area contributed by atoms with E-state index in [-0.39, 0.29) is 11.5 Å². The molecule has 0 spiro atoms. The zero-order chi connectivity index (χ0) is 14.3. The van der Waals surface area contributed by atoms with Gasteiger partial charge in [0.25, 0.3) is 0 Å². The van der Waals surface area contributed by atoms with Gasteiger partial charge in [0.15, 0.2) is 0 Å². The lowest BCUT2D eigenvalue weighted by molar-refractivity contribution is 0.0391. The van der Waals surface area contributed by atoms with Crippen LogP contribution in [0.1, 0.15) is 51.4 Å². The quantitative estimate of drug-likeness (QED) is 0.897. The standard InChI is InChI=1S/C17H24N2O/c1-17(2,3)12-5-6-14-15(10-12)19-16(18-14)7-4-11-8-13(20)9-11/h5-6,10-11,13,20H,4,7-9H2,1-3H3,(H,18,19). The van der Waals surface area contributed by atoms with Crippen LogP contribution < -0.4 is 0 Å². The van der Waals surface area contributed by atoms with E-state index in [1.54, 1.807) is 0 Å². The summed E-state index contributed by atoms with van der Waals surface area (Å²) in [5, 5.41) is 9.31. The van der Waals surface area contributed by atoms with Crippen LogP contribution in [0, 0.1) is 5.92 Å². The third kappa shape index (κ3) is 2.73. The highest BCUT2D eigenvalue weighted by Crippen LogP contribution is 2.31. The summed E-state index contributed by atoms with van der Waals surface area (Å²) in [6, 6.07) is 6.51. The van der Waals surface area contributed by atoms with Crippen LogP contribution in [-0.2, 0) is 11.8 Å². The molecule has 1 heterocycles. The number of imidazole rings is 1. The Bertz CT molecular complexity index is 603. The Morgan fingerprint density at radius 3 is 2.70 bits per heavy atom. The predicted octanol–water partition coefficient (Wildman–Crippen LogP) is 3.56. The highest BCUT2D eigenvalue weighted by atomic mass is 16.3. The third-order valence-corrected chi connectivity index (χ3v) is 4.40. The Hall–Kier alpha value is -1.35. The Labute approximate surface area is 120 Å². The van der Waals surface area contributed by atoms with E-state index in [1.807, 2.05) is 0 Å². The lowest BCUT2D eigenvalue weighted by Crippen LogP contribution is -2.28. The first kappa shape index (κ1) is 13.6. The zero-order valence-electron chi connectivity index (χ0n) is 12.6. The van der Waals surface area contributed by atoms with Crippen molar-refractivity contribution in [3.8, 4) is 0 Å². The fourth-order valence-electron chi connectivity index (χ4n) is 2.92. The molecule has 1 aliphatic carbocycles. The summed E-state index contributed by atoms with van der Waals surface area (Å²) in [6.45, 7) is 6.69. The first-order valence-corrected chi connectivity index (χ1v) is 7.59. The molecule has 3 rings (SSSR count). The SMILES string of the molecule is CC(C)(C)c1ccc2nc(CCC3CC(O)C3)[nH]c2c1. The van der Waals surface area contributed by atoms with E-state index in [9.17, 15) is 5.11 Å². The van der Waals surface area contributed by atoms with Crippen molar-refractivity contribution in [2.45, 2.75) is 58.0 Å². The molecule has 0 bridgehead atoms. The molecule has 1 fully saturated rings. The average Bonchev–Trinajstić information content (AvgIpc) is 2.73. The number of aromatic nitrogens is 2. The molecule has 0 atom stereocenters. The molecule has 2 N–H and O–H groups in total. The average molecular weight is 272 g/mol. The van der Waals surface area contributed by atoms with Crippen LogP contribution in [0.2, 0.25) is 0 Å². The minimum absolute atomic E-state index is 0.0509. The largest absolute Gasteiger partial charge is 0.393 e. The van der Waals surface area contributed by atoms with E-state index in [0.29, 0.717) is 5.92 Å². The number of aliphatic hydroxyl groups excluding tert-OH is 1. The molecule has 1 saturated carbocycles. The van der Waals surface area contributed by atoms with Gasteiger partial charge in [-0.3, -0.25) is 0 Å². The predicted molar refractivity (Wildman–Crippen MR) is 81.8 cm³/mol. The van der Waals surface area contributed by atoms with Gasteiger partial charge in [-0.05, 0) is 48.3 Å². The van der Waals surface area contributed by atoms with Crippen molar-refractivity contribution < 1.29 is 5.11 Å². The number of aromatic amines is 1. The maximum atomic E-state index is 9.31. The molecule has 3 heteroatoms. The number of benzene rings is 1. The number of hydrogen-bond donors (Lipinski definition) is 2. The van der Waals surface area contributed by atoms with Crippen molar-refractivity contribution in [3.63, 3.8) is 0 Å². The van der Waals surface area contributed by atoms with Crippen molar-refractivity contribution in [2.24, 2.45) is 5.92 Å². The molecule has 1 aromatic heterocycles. The van der Waals surface area contributed by atoms with Crippen LogP contribution in [0.15, 0.2) is 18.2 Å². The number of H-pyrrole nitrogens is 1. The summed E-state index contributed by atoms with van der Waals surface area (Å²) < 4.78 is 0. The van der Waals surface area contributed by atoms with Gasteiger partial charge >= 0.3 is 0 Å². The molecule has 2 aromatic rings. The Morgan fingerprint density at radius 2 is 2.05 bits per heavy atom. The van der Waals surface area contributed by atoms with Gasteiger partial charge in [0, 0.05) is 6.42 Å². The maximum Gasteiger partial charge on any atom is 0.107 e. The molecule has 0 amide bonds. The lowest BCUT2D eigenvalue weighted by Gasteiger charge is -2.31. The smallest absolute Gasteiger partial charge is 0.107 e. The number of nitrogens with zero attached hydrogens (tertiary/aromatic N) is 1. The zero-order valence-corrected chi connectivity index (χ0v) is 12.6. The Balaban J connectivity index is 1.73. The molecule has 3 nitrogen and oxygen atoms in total. The first-order valence-electron chi connectivity index (χ1n) is 7.59. The fourth-order valence-corrected chi connectivity index (χ4v) is 2.92. The molecule has 1 aliphatic rings. The minimum Gasteiger partial charge on any atom is -0.393 e. The van der Waals surface area contributed by atoms with Crippen LogP contribution in [0.3, 0.4) is 0 Å². The summed E-state index contributed by atoms with van der Waals surface area (Å²) in [5.74, 6) is 1.76. The molecular formula is C17H24N2O. The van der Waals surface area contributed by atoms with Crippen molar-refractivity contribution >= 4 is 11.0 Å². The fraction of sp³-hybridized carbons (Fsp3) is 0.588. The normalized spacial score (nSPS) is 23.0. The number of aliphatic hydroxyl groups is 1. The molecule has 0 unspecified atom stereocenters. The number of hydrogen-bond acceptors (Lipinski definition) is 2. The van der Waals surface area contributed by atoms with Gasteiger partial charge < -0.3 is 10.1 Å². The van der Waals surface area contributed by atoms with Gasteiger partial charge in [0.1, 0.15) is 5.82 Å². The number of nitrogens with one attached hydrogen (secondary N) is 1. The highest BCUT2D eigenvalue weighted by Gasteiger charge is 2.26. The topological polar surface area (TPSA) is 48.9 Å².